The summed E-state index contributed by atoms with van der Waals surface area (Å²) >= 11 is 0. The number of aromatic hydroxyl groups is 1. The maximum Gasteiger partial charge on any atom is 0.220 e. The number of rotatable bonds is 8. The van der Waals surface area contributed by atoms with Gasteiger partial charge in [0.15, 0.2) is 0 Å². The predicted molar refractivity (Wildman–Crippen MR) is 125 cm³/mol. The summed E-state index contributed by atoms with van der Waals surface area (Å²) in [6.45, 7) is 2.27. The Hall–Kier alpha value is -1.96. The number of aliphatic hydroxyl groups is 2. The number of ketones is 1. The van der Waals surface area contributed by atoms with Crippen molar-refractivity contribution in [3.05, 3.63) is 29.3 Å². The monoisotopic (exact) mass is 458 g/mol. The van der Waals surface area contributed by atoms with Crippen LogP contribution < -0.4 is 5.32 Å². The number of carbonyl (C=O) groups is 2. The van der Waals surface area contributed by atoms with Crippen LogP contribution in [0, 0.1) is 11.8 Å². The molecule has 33 heavy (non-hydrogen) atoms. The van der Waals surface area contributed by atoms with Gasteiger partial charge in [0, 0.05) is 44.5 Å². The summed E-state index contributed by atoms with van der Waals surface area (Å²) in [6.07, 6.45) is 6.63. The fourth-order valence-electron chi connectivity index (χ4n) is 5.67. The van der Waals surface area contributed by atoms with Crippen molar-refractivity contribution in [2.24, 2.45) is 11.8 Å². The van der Waals surface area contributed by atoms with E-state index in [-0.39, 0.29) is 36.5 Å². The smallest absolute Gasteiger partial charge is 0.220 e. The number of phenols is 1. The lowest BCUT2D eigenvalue weighted by molar-refractivity contribution is -0.142. The Morgan fingerprint density at radius 3 is 2.79 bits per heavy atom. The molecule has 4 rings (SSSR count). The summed E-state index contributed by atoms with van der Waals surface area (Å²) in [5, 5.41) is 33.7. The molecule has 0 spiro atoms. The highest BCUT2D eigenvalue weighted by atomic mass is 16.3. The minimum absolute atomic E-state index is 0.0140. The minimum Gasteiger partial charge on any atom is -0.508 e. The van der Waals surface area contributed by atoms with E-state index in [0.29, 0.717) is 44.6 Å². The highest BCUT2D eigenvalue weighted by molar-refractivity contribution is 5.87. The molecule has 182 valence electrons. The second-order valence-electron chi connectivity index (χ2n) is 10.3. The number of nitrogens with zero attached hydrogens (tertiary/aromatic N) is 1. The van der Waals surface area contributed by atoms with Crippen molar-refractivity contribution in [1.29, 1.82) is 0 Å². The van der Waals surface area contributed by atoms with Gasteiger partial charge < -0.3 is 20.6 Å². The van der Waals surface area contributed by atoms with E-state index in [0.717, 1.165) is 37.1 Å². The van der Waals surface area contributed by atoms with Crippen LogP contribution >= 0.6 is 0 Å². The molecule has 0 radical (unpaired) electrons. The molecule has 4 N–H and O–H groups in total. The Bertz CT molecular complexity index is 855. The van der Waals surface area contributed by atoms with Crippen molar-refractivity contribution in [2.75, 3.05) is 26.2 Å². The molecule has 1 aromatic carbocycles. The quantitative estimate of drug-likeness (QED) is 0.443. The van der Waals surface area contributed by atoms with Crippen LogP contribution in [0.15, 0.2) is 18.2 Å². The predicted octanol–water partition coefficient (Wildman–Crippen LogP) is 1.95. The van der Waals surface area contributed by atoms with Crippen LogP contribution in [0.3, 0.4) is 0 Å². The number of hydrogen-bond acceptors (Lipinski definition) is 6. The van der Waals surface area contributed by atoms with Crippen LogP contribution in [-0.2, 0) is 22.4 Å². The zero-order chi connectivity index (χ0) is 23.4. The molecule has 3 aliphatic rings. The third kappa shape index (κ3) is 6.14. The lowest BCUT2D eigenvalue weighted by atomic mass is 9.70. The van der Waals surface area contributed by atoms with E-state index in [2.05, 4.69) is 10.2 Å². The molecule has 0 saturated heterocycles. The molecule has 1 amide bonds. The first kappa shape index (κ1) is 24.2. The Balaban J connectivity index is 1.54. The summed E-state index contributed by atoms with van der Waals surface area (Å²) in [4.78, 5) is 27.5. The molecule has 0 unspecified atom stereocenters. The second kappa shape index (κ2) is 10.5. The van der Waals surface area contributed by atoms with E-state index in [1.807, 2.05) is 12.1 Å². The van der Waals surface area contributed by atoms with Gasteiger partial charge in [-0.25, -0.2) is 0 Å². The Morgan fingerprint density at radius 1 is 1.21 bits per heavy atom. The molecule has 7 heteroatoms. The van der Waals surface area contributed by atoms with Crippen LogP contribution in [0.25, 0.3) is 0 Å². The van der Waals surface area contributed by atoms with Gasteiger partial charge in [-0.15, -0.1) is 0 Å². The SMILES string of the molecule is O=C(C[C@H]1C[C@@](O)([C@H]2Cc3ccc(O)cc3CCCN2CC2CC2)CCC1=O)NCCCO. The summed E-state index contributed by atoms with van der Waals surface area (Å²) in [7, 11) is 0. The van der Waals surface area contributed by atoms with E-state index < -0.39 is 11.5 Å². The minimum atomic E-state index is -1.04. The van der Waals surface area contributed by atoms with Gasteiger partial charge in [0.25, 0.3) is 0 Å². The van der Waals surface area contributed by atoms with Crippen LogP contribution in [0.4, 0.5) is 0 Å². The lowest BCUT2D eigenvalue weighted by Gasteiger charge is -2.47. The van der Waals surface area contributed by atoms with Crippen molar-refractivity contribution >= 4 is 11.7 Å². The molecular weight excluding hydrogens is 420 g/mol. The Labute approximate surface area is 196 Å². The molecule has 2 aliphatic carbocycles. The molecule has 1 heterocycles. The van der Waals surface area contributed by atoms with Crippen LogP contribution in [0.2, 0.25) is 0 Å². The van der Waals surface area contributed by atoms with Crippen molar-refractivity contribution in [2.45, 2.75) is 75.9 Å². The maximum absolute atomic E-state index is 12.7. The standard InChI is InChI=1S/C26H38N2O5/c29-12-2-10-27-25(32)15-21-16-26(33,9-8-23(21)31)24-14-20-6-7-22(30)13-19(20)3-1-11-28(24)17-18-4-5-18/h6-7,13,18,21,24,29-30,33H,1-5,8-12,14-17H2,(H,27,32)/t21-,24+,26+/m0/s1. The third-order valence-electron chi connectivity index (χ3n) is 7.69. The number of aliphatic hydroxyl groups excluding tert-OH is 1. The first-order valence-electron chi connectivity index (χ1n) is 12.6. The number of benzene rings is 1. The molecule has 0 aromatic heterocycles. The average molecular weight is 459 g/mol. The van der Waals surface area contributed by atoms with Gasteiger partial charge in [-0.2, -0.15) is 0 Å². The van der Waals surface area contributed by atoms with Crippen molar-refractivity contribution in [3.8, 4) is 5.75 Å². The van der Waals surface area contributed by atoms with Crippen LogP contribution in [0.1, 0.15) is 62.5 Å². The largest absolute Gasteiger partial charge is 0.508 e. The van der Waals surface area contributed by atoms with E-state index in [4.69, 9.17) is 5.11 Å². The van der Waals surface area contributed by atoms with Crippen LogP contribution in [-0.4, -0.2) is 69.8 Å². The molecule has 3 atom stereocenters. The number of aryl methyl sites for hydroxylation is 1. The van der Waals surface area contributed by atoms with Gasteiger partial charge in [0.2, 0.25) is 5.91 Å². The lowest BCUT2D eigenvalue weighted by Crippen LogP contribution is -2.58. The zero-order valence-electron chi connectivity index (χ0n) is 19.5. The molecule has 2 saturated carbocycles. The number of fused-ring (bicyclic) bond motifs is 1. The van der Waals surface area contributed by atoms with E-state index in [1.165, 1.54) is 12.8 Å². The average Bonchev–Trinajstić information content (AvgIpc) is 3.58. The summed E-state index contributed by atoms with van der Waals surface area (Å²) in [5.41, 5.74) is 1.26. The van der Waals surface area contributed by atoms with E-state index >= 15 is 0 Å². The number of amides is 1. The summed E-state index contributed by atoms with van der Waals surface area (Å²) in [6, 6.07) is 5.42. The van der Waals surface area contributed by atoms with Crippen molar-refractivity contribution < 1.29 is 24.9 Å². The number of phenolic OH excluding ortho intramolecular Hbond substituents is 1. The topological polar surface area (TPSA) is 110 Å². The van der Waals surface area contributed by atoms with Gasteiger partial charge in [-0.3, -0.25) is 14.5 Å². The van der Waals surface area contributed by atoms with Gasteiger partial charge in [-0.05, 0) is 87.1 Å². The highest BCUT2D eigenvalue weighted by Crippen LogP contribution is 2.41. The van der Waals surface area contributed by atoms with Gasteiger partial charge >= 0.3 is 0 Å². The third-order valence-corrected chi connectivity index (χ3v) is 7.69. The molecule has 1 aliphatic heterocycles. The Kier molecular flexibility index (Phi) is 7.72. The van der Waals surface area contributed by atoms with E-state index in [1.54, 1.807) is 6.07 Å². The number of hydrogen-bond donors (Lipinski definition) is 4. The Morgan fingerprint density at radius 2 is 2.03 bits per heavy atom. The number of carbonyl (C=O) groups excluding carboxylic acids is 2. The molecule has 7 nitrogen and oxygen atoms in total. The van der Waals surface area contributed by atoms with Crippen molar-refractivity contribution in [3.63, 3.8) is 0 Å². The normalized spacial score (nSPS) is 28.6. The molecule has 1 aromatic rings. The van der Waals surface area contributed by atoms with Crippen LogP contribution in [0.5, 0.6) is 5.75 Å². The summed E-state index contributed by atoms with van der Waals surface area (Å²) in [5.74, 6) is 0.342. The fourth-order valence-corrected chi connectivity index (χ4v) is 5.67. The maximum atomic E-state index is 12.7. The first-order chi connectivity index (χ1) is 15.9. The molecule has 2 fully saturated rings. The van der Waals surface area contributed by atoms with Crippen molar-refractivity contribution in [1.82, 2.24) is 10.2 Å². The van der Waals surface area contributed by atoms with Gasteiger partial charge in [0.05, 0.1) is 5.60 Å². The first-order valence-corrected chi connectivity index (χ1v) is 12.6. The van der Waals surface area contributed by atoms with E-state index in [9.17, 15) is 19.8 Å². The molecular formula is C26H38N2O5. The highest BCUT2D eigenvalue weighted by Gasteiger charge is 2.47. The number of Topliss-reactive ketones (excluding diaryl/α,β-unsaturated/α-hetero) is 1. The fraction of sp³-hybridized carbons (Fsp3) is 0.692. The zero-order valence-corrected chi connectivity index (χ0v) is 19.5. The van der Waals surface area contributed by atoms with Gasteiger partial charge in [0.1, 0.15) is 11.5 Å². The van der Waals surface area contributed by atoms with Gasteiger partial charge in [-0.1, -0.05) is 6.07 Å². The number of nitrogens with one attached hydrogen (secondary N) is 1. The second-order valence-corrected chi connectivity index (χ2v) is 10.3. The molecule has 0 bridgehead atoms. The summed E-state index contributed by atoms with van der Waals surface area (Å²) < 4.78 is 0.